The molecule has 264 valence electrons. The minimum absolute atomic E-state index is 0.216. The summed E-state index contributed by atoms with van der Waals surface area (Å²) in [7, 11) is -8.45. The molecule has 0 aromatic rings. The van der Waals surface area contributed by atoms with Crippen LogP contribution in [0.1, 0.15) is 133 Å². The predicted octanol–water partition coefficient (Wildman–Crippen LogP) is 12.1. The molecule has 0 bridgehead atoms. The van der Waals surface area contributed by atoms with Crippen LogP contribution in [-0.4, -0.2) is 65.7 Å². The van der Waals surface area contributed by atoms with E-state index in [4.69, 9.17) is 17.9 Å². The molecule has 0 aliphatic heterocycles. The molecule has 10 heteroatoms. The van der Waals surface area contributed by atoms with Gasteiger partial charge in [-0.05, 0) is 101 Å². The molecule has 0 amide bonds. The predicted molar refractivity (Wildman–Crippen MR) is 197 cm³/mol. The smallest absolute Gasteiger partial charge is 0.206 e. The second kappa shape index (κ2) is 17.9. The summed E-state index contributed by atoms with van der Waals surface area (Å²) >= 11 is 0. The van der Waals surface area contributed by atoms with Crippen LogP contribution in [0.5, 0.6) is 0 Å². The molecule has 2 aliphatic rings. The third-order valence-corrected chi connectivity index (χ3v) is 26.2. The molecule has 0 aromatic carbocycles. The van der Waals surface area contributed by atoms with Crippen molar-refractivity contribution in [2.45, 2.75) is 193 Å². The Morgan fingerprint density at radius 3 is 1.16 bits per heavy atom. The Labute approximate surface area is 276 Å². The summed E-state index contributed by atoms with van der Waals surface area (Å²) in [5.41, 5.74) is 0.433. The minimum Gasteiger partial charge on any atom is -0.414 e. The van der Waals surface area contributed by atoms with Crippen LogP contribution >= 0.6 is 14.7 Å². The summed E-state index contributed by atoms with van der Waals surface area (Å²) in [5.74, 6) is 0. The molecule has 0 N–H and O–H groups in total. The van der Waals surface area contributed by atoms with Crippen molar-refractivity contribution in [2.24, 2.45) is 0 Å². The number of unbranched alkanes of at least 4 members (excludes halogenated alkanes) is 2. The maximum absolute atomic E-state index is 13.2. The Balaban J connectivity index is 0.000000440. The zero-order chi connectivity index (χ0) is 34.0. The second-order valence-corrected chi connectivity index (χ2v) is 31.7. The van der Waals surface area contributed by atoms with Gasteiger partial charge in [-0.3, -0.25) is 9.13 Å². The molecular weight excluding hydrogens is 622 g/mol. The standard InChI is InChI=1S/2C17H37O3PSi/c2*1-8-10-13-21(18,19-9-2)16-12-11-15(14-16)20-22(6,7)17(3,4)5/h2*15-16H,8-14H2,1-7H3/t2*15-,16+,21?/m10/s1. The van der Waals surface area contributed by atoms with Gasteiger partial charge in [-0.25, -0.2) is 0 Å². The molecule has 6 atom stereocenters. The fraction of sp³-hybridized carbons (Fsp3) is 1.00. The van der Waals surface area contributed by atoms with Crippen LogP contribution in [0.15, 0.2) is 0 Å². The molecule has 44 heavy (non-hydrogen) atoms. The van der Waals surface area contributed by atoms with E-state index in [2.05, 4.69) is 81.6 Å². The van der Waals surface area contributed by atoms with Crippen LogP contribution in [0.2, 0.25) is 36.3 Å². The summed E-state index contributed by atoms with van der Waals surface area (Å²) in [5, 5.41) is 0.466. The Morgan fingerprint density at radius 1 is 0.591 bits per heavy atom. The van der Waals surface area contributed by atoms with Crippen LogP contribution in [0.4, 0.5) is 0 Å². The third kappa shape index (κ3) is 12.6. The van der Waals surface area contributed by atoms with Gasteiger partial charge in [0.05, 0.1) is 13.2 Å². The number of hydrogen-bond acceptors (Lipinski definition) is 6. The SMILES string of the molecule is CCCCP(=O)(OCC)[C@@H]1CC[C@H](O[Si](C)(C)C(C)(C)C)C1.CCCCP(=O)(OCC)[C@H]1CC[C@@H](O[Si](C)(C)C(C)(C)C)C1. The van der Waals surface area contributed by atoms with Crippen molar-refractivity contribution in [3.8, 4) is 0 Å². The Morgan fingerprint density at radius 2 is 0.909 bits per heavy atom. The van der Waals surface area contributed by atoms with E-state index in [1.54, 1.807) is 0 Å². The Hall–Kier alpha value is 0.734. The molecule has 0 radical (unpaired) electrons. The fourth-order valence-corrected chi connectivity index (χ4v) is 14.6. The molecule has 0 heterocycles. The van der Waals surface area contributed by atoms with Gasteiger partial charge in [-0.15, -0.1) is 0 Å². The van der Waals surface area contributed by atoms with E-state index >= 15 is 0 Å². The van der Waals surface area contributed by atoms with Gasteiger partial charge in [-0.2, -0.15) is 0 Å². The van der Waals surface area contributed by atoms with Crippen molar-refractivity contribution in [3.63, 3.8) is 0 Å². The van der Waals surface area contributed by atoms with Crippen molar-refractivity contribution in [3.05, 3.63) is 0 Å². The molecule has 6 nitrogen and oxygen atoms in total. The molecule has 0 saturated heterocycles. The van der Waals surface area contributed by atoms with Gasteiger partial charge in [0, 0.05) is 35.8 Å². The molecule has 2 aliphatic carbocycles. The molecule has 0 aromatic heterocycles. The normalized spacial score (nSPS) is 26.1. The largest absolute Gasteiger partial charge is 0.414 e. The molecule has 2 unspecified atom stereocenters. The van der Waals surface area contributed by atoms with Crippen molar-refractivity contribution in [2.75, 3.05) is 25.5 Å². The zero-order valence-corrected chi connectivity index (χ0v) is 35.3. The lowest BCUT2D eigenvalue weighted by Gasteiger charge is -2.38. The van der Waals surface area contributed by atoms with Crippen LogP contribution in [0, 0.1) is 0 Å². The monoisotopic (exact) mass is 696 g/mol. The highest BCUT2D eigenvalue weighted by Gasteiger charge is 2.46. The van der Waals surface area contributed by atoms with E-state index in [9.17, 15) is 9.13 Å². The summed E-state index contributed by atoms with van der Waals surface area (Å²) in [6, 6.07) is 0. The van der Waals surface area contributed by atoms with Crippen LogP contribution in [0.3, 0.4) is 0 Å². The quantitative estimate of drug-likeness (QED) is 0.118. The summed E-state index contributed by atoms with van der Waals surface area (Å²) in [6.45, 7) is 32.2. The highest BCUT2D eigenvalue weighted by Crippen LogP contribution is 2.59. The first-order valence-corrected chi connectivity index (χ1v) is 27.5. The maximum atomic E-state index is 13.2. The Kier molecular flexibility index (Phi) is 17.4. The number of rotatable bonds is 16. The first kappa shape index (κ1) is 42.8. The van der Waals surface area contributed by atoms with Crippen LogP contribution < -0.4 is 0 Å². The molecule has 2 saturated carbocycles. The van der Waals surface area contributed by atoms with E-state index < -0.39 is 31.4 Å². The van der Waals surface area contributed by atoms with Crippen molar-refractivity contribution < 1.29 is 27.0 Å². The first-order chi connectivity index (χ1) is 20.1. The van der Waals surface area contributed by atoms with Crippen molar-refractivity contribution in [1.29, 1.82) is 0 Å². The summed E-state index contributed by atoms with van der Waals surface area (Å²) in [6.07, 6.45) is 12.1. The van der Waals surface area contributed by atoms with E-state index in [0.717, 1.165) is 76.5 Å². The lowest BCUT2D eigenvalue weighted by atomic mass is 10.2. The fourth-order valence-electron chi connectivity index (χ4n) is 5.85. The van der Waals surface area contributed by atoms with Gasteiger partial charge < -0.3 is 17.9 Å². The van der Waals surface area contributed by atoms with Gasteiger partial charge in [0.15, 0.2) is 16.6 Å². The maximum Gasteiger partial charge on any atom is 0.206 e. The average molecular weight is 697 g/mol. The number of hydrogen-bond donors (Lipinski definition) is 0. The van der Waals surface area contributed by atoms with E-state index in [1.807, 2.05) is 13.8 Å². The topological polar surface area (TPSA) is 71.1 Å². The average Bonchev–Trinajstić information content (AvgIpc) is 3.56. The molecular formula is C34H74O6P2Si2. The van der Waals surface area contributed by atoms with Gasteiger partial charge in [-0.1, -0.05) is 68.2 Å². The zero-order valence-electron chi connectivity index (χ0n) is 31.6. The second-order valence-electron chi connectivity index (χ2n) is 16.4. The van der Waals surface area contributed by atoms with Crippen molar-refractivity contribution >= 4 is 31.4 Å². The molecule has 0 spiro atoms. The lowest BCUT2D eigenvalue weighted by Crippen LogP contribution is -2.43. The minimum atomic E-state index is -2.49. The van der Waals surface area contributed by atoms with Gasteiger partial charge >= 0.3 is 0 Å². The summed E-state index contributed by atoms with van der Waals surface area (Å²) < 4.78 is 51.0. The molecule has 2 fully saturated rings. The van der Waals surface area contributed by atoms with Gasteiger partial charge in [0.25, 0.3) is 0 Å². The highest BCUT2D eigenvalue weighted by molar-refractivity contribution is 7.60. The molecule has 2 rings (SSSR count). The van der Waals surface area contributed by atoms with Crippen molar-refractivity contribution in [1.82, 2.24) is 0 Å². The summed E-state index contributed by atoms with van der Waals surface area (Å²) in [4.78, 5) is 0. The lowest BCUT2D eigenvalue weighted by molar-refractivity contribution is 0.187. The van der Waals surface area contributed by atoms with E-state index in [1.165, 1.54) is 0 Å². The highest BCUT2D eigenvalue weighted by atomic mass is 31.2. The third-order valence-electron chi connectivity index (χ3n) is 10.7. The van der Waals surface area contributed by atoms with Crippen LogP contribution in [0.25, 0.3) is 0 Å². The van der Waals surface area contributed by atoms with Gasteiger partial charge in [0.1, 0.15) is 0 Å². The first-order valence-electron chi connectivity index (χ1n) is 17.9. The van der Waals surface area contributed by atoms with Gasteiger partial charge in [0.2, 0.25) is 14.7 Å². The van der Waals surface area contributed by atoms with Crippen LogP contribution in [-0.2, 0) is 27.0 Å². The Bertz CT molecular complexity index is 854. The van der Waals surface area contributed by atoms with E-state index in [-0.39, 0.29) is 33.6 Å². The van der Waals surface area contributed by atoms with E-state index in [0.29, 0.717) is 13.2 Å².